The standard InChI is InChI=1S/C13H14F3NO3S/c14-9-3-4-10(13(16)12(9)15)17-11(18)6-8-2-1-5-21(19,20)7-8/h3-4,8H,1-2,5-7H2,(H,17,18). The molecule has 0 bridgehead atoms. The van der Waals surface area contributed by atoms with E-state index in [1.165, 1.54) is 0 Å². The second-order valence-corrected chi connectivity index (χ2v) is 7.33. The second-order valence-electron chi connectivity index (χ2n) is 5.10. The lowest BCUT2D eigenvalue weighted by Gasteiger charge is -2.21. The Balaban J connectivity index is 2.01. The SMILES string of the molecule is O=C(CC1CCCS(=O)(=O)C1)Nc1ccc(F)c(F)c1F. The highest BCUT2D eigenvalue weighted by atomic mass is 32.2. The van der Waals surface area contributed by atoms with E-state index in [1.807, 2.05) is 0 Å². The average molecular weight is 321 g/mol. The molecule has 1 N–H and O–H groups in total. The molecule has 21 heavy (non-hydrogen) atoms. The van der Waals surface area contributed by atoms with E-state index in [9.17, 15) is 26.4 Å². The van der Waals surface area contributed by atoms with Crippen molar-refractivity contribution >= 4 is 21.4 Å². The molecule has 0 aliphatic carbocycles. The zero-order chi connectivity index (χ0) is 15.6. The summed E-state index contributed by atoms with van der Waals surface area (Å²) in [6.07, 6.45) is 0.977. The van der Waals surface area contributed by atoms with Crippen LogP contribution >= 0.6 is 0 Å². The van der Waals surface area contributed by atoms with Crippen molar-refractivity contribution in [3.63, 3.8) is 0 Å². The maximum absolute atomic E-state index is 13.4. The van der Waals surface area contributed by atoms with Crippen LogP contribution in [0.4, 0.5) is 18.9 Å². The Morgan fingerprint density at radius 1 is 1.24 bits per heavy atom. The van der Waals surface area contributed by atoms with Gasteiger partial charge in [0.15, 0.2) is 27.3 Å². The van der Waals surface area contributed by atoms with Crippen molar-refractivity contribution in [2.45, 2.75) is 19.3 Å². The largest absolute Gasteiger partial charge is 0.323 e. The number of amides is 1. The van der Waals surface area contributed by atoms with Gasteiger partial charge in [-0.2, -0.15) is 0 Å². The van der Waals surface area contributed by atoms with E-state index in [1.54, 1.807) is 0 Å². The number of rotatable bonds is 3. The summed E-state index contributed by atoms with van der Waals surface area (Å²) in [5.41, 5.74) is -0.461. The van der Waals surface area contributed by atoms with Crippen molar-refractivity contribution in [1.29, 1.82) is 0 Å². The number of benzene rings is 1. The first-order valence-corrected chi connectivity index (χ1v) is 8.24. The minimum Gasteiger partial charge on any atom is -0.323 e. The third-order valence-electron chi connectivity index (χ3n) is 3.34. The Morgan fingerprint density at radius 3 is 2.62 bits per heavy atom. The van der Waals surface area contributed by atoms with Gasteiger partial charge in [-0.1, -0.05) is 0 Å². The summed E-state index contributed by atoms with van der Waals surface area (Å²) >= 11 is 0. The molecule has 1 aliphatic rings. The van der Waals surface area contributed by atoms with E-state index in [4.69, 9.17) is 0 Å². The molecular formula is C13H14F3NO3S. The molecule has 1 saturated heterocycles. The van der Waals surface area contributed by atoms with Crippen LogP contribution in [0.2, 0.25) is 0 Å². The molecule has 0 saturated carbocycles. The summed E-state index contributed by atoms with van der Waals surface area (Å²) in [6.45, 7) is 0. The molecule has 116 valence electrons. The van der Waals surface area contributed by atoms with Gasteiger partial charge < -0.3 is 5.32 Å². The first kappa shape index (κ1) is 15.8. The molecule has 0 aromatic heterocycles. The molecule has 1 fully saturated rings. The number of sulfone groups is 1. The molecule has 1 atom stereocenters. The Labute approximate surface area is 120 Å². The first-order valence-electron chi connectivity index (χ1n) is 6.42. The molecule has 0 radical (unpaired) electrons. The van der Waals surface area contributed by atoms with Gasteiger partial charge in [-0.25, -0.2) is 21.6 Å². The highest BCUT2D eigenvalue weighted by Gasteiger charge is 2.27. The summed E-state index contributed by atoms with van der Waals surface area (Å²) in [6, 6.07) is 1.63. The Morgan fingerprint density at radius 2 is 1.95 bits per heavy atom. The fourth-order valence-electron chi connectivity index (χ4n) is 2.36. The average Bonchev–Trinajstić information content (AvgIpc) is 2.38. The highest BCUT2D eigenvalue weighted by Crippen LogP contribution is 2.23. The van der Waals surface area contributed by atoms with Gasteiger partial charge in [0.25, 0.3) is 0 Å². The third-order valence-corrected chi connectivity index (χ3v) is 5.23. The van der Waals surface area contributed by atoms with Gasteiger partial charge in [0, 0.05) is 6.42 Å². The molecule has 1 unspecified atom stereocenters. The summed E-state index contributed by atoms with van der Waals surface area (Å²) in [5, 5.41) is 2.14. The number of hydrogen-bond donors (Lipinski definition) is 1. The predicted molar refractivity (Wildman–Crippen MR) is 70.9 cm³/mol. The van der Waals surface area contributed by atoms with Gasteiger partial charge >= 0.3 is 0 Å². The van der Waals surface area contributed by atoms with Gasteiger partial charge in [0.2, 0.25) is 5.91 Å². The molecule has 1 amide bonds. The monoisotopic (exact) mass is 321 g/mol. The zero-order valence-corrected chi connectivity index (χ0v) is 11.9. The maximum atomic E-state index is 13.4. The van der Waals surface area contributed by atoms with Crippen LogP contribution in [0, 0.1) is 23.4 Å². The fourth-order valence-corrected chi connectivity index (χ4v) is 4.14. The van der Waals surface area contributed by atoms with Crippen molar-refractivity contribution in [2.24, 2.45) is 5.92 Å². The second kappa shape index (κ2) is 6.05. The van der Waals surface area contributed by atoms with Crippen molar-refractivity contribution in [3.05, 3.63) is 29.6 Å². The van der Waals surface area contributed by atoms with E-state index in [-0.39, 0.29) is 23.8 Å². The molecule has 4 nitrogen and oxygen atoms in total. The Hall–Kier alpha value is -1.57. The third kappa shape index (κ3) is 3.96. The lowest BCUT2D eigenvalue weighted by molar-refractivity contribution is -0.117. The van der Waals surface area contributed by atoms with E-state index < -0.39 is 38.9 Å². The van der Waals surface area contributed by atoms with E-state index in [0.717, 1.165) is 6.07 Å². The first-order chi connectivity index (χ1) is 9.78. The Kier molecular flexibility index (Phi) is 4.55. The number of carbonyl (C=O) groups is 1. The summed E-state index contributed by atoms with van der Waals surface area (Å²) in [7, 11) is -3.13. The lowest BCUT2D eigenvalue weighted by Crippen LogP contribution is -2.28. The van der Waals surface area contributed by atoms with Gasteiger partial charge in [0.1, 0.15) is 0 Å². The molecular weight excluding hydrogens is 307 g/mol. The number of halogens is 3. The zero-order valence-electron chi connectivity index (χ0n) is 11.0. The molecule has 1 aromatic carbocycles. The van der Waals surface area contributed by atoms with Crippen LogP contribution < -0.4 is 5.32 Å². The van der Waals surface area contributed by atoms with Crippen LogP contribution in [-0.2, 0) is 14.6 Å². The van der Waals surface area contributed by atoms with Crippen LogP contribution in [0.25, 0.3) is 0 Å². The van der Waals surface area contributed by atoms with E-state index in [2.05, 4.69) is 5.32 Å². The van der Waals surface area contributed by atoms with Crippen LogP contribution in [0.1, 0.15) is 19.3 Å². The summed E-state index contributed by atoms with van der Waals surface area (Å²) < 4.78 is 62.1. The van der Waals surface area contributed by atoms with Gasteiger partial charge in [-0.3, -0.25) is 4.79 Å². The van der Waals surface area contributed by atoms with E-state index >= 15 is 0 Å². The van der Waals surface area contributed by atoms with Crippen molar-refractivity contribution in [3.8, 4) is 0 Å². The topological polar surface area (TPSA) is 63.2 Å². The molecule has 1 aromatic rings. The summed E-state index contributed by atoms with van der Waals surface area (Å²) in [5.74, 6) is -5.40. The molecule has 2 rings (SSSR count). The highest BCUT2D eigenvalue weighted by molar-refractivity contribution is 7.91. The number of carbonyl (C=O) groups excluding carboxylic acids is 1. The van der Waals surface area contributed by atoms with Gasteiger partial charge in [-0.05, 0) is 30.9 Å². The fraction of sp³-hybridized carbons (Fsp3) is 0.462. The maximum Gasteiger partial charge on any atom is 0.224 e. The van der Waals surface area contributed by atoms with Crippen molar-refractivity contribution in [1.82, 2.24) is 0 Å². The lowest BCUT2D eigenvalue weighted by atomic mass is 10.0. The minimum absolute atomic E-state index is 0.0827. The smallest absolute Gasteiger partial charge is 0.224 e. The van der Waals surface area contributed by atoms with Crippen LogP contribution in [-0.4, -0.2) is 25.8 Å². The molecule has 0 spiro atoms. The molecule has 1 aliphatic heterocycles. The van der Waals surface area contributed by atoms with Crippen LogP contribution in [0.3, 0.4) is 0 Å². The number of hydrogen-bond acceptors (Lipinski definition) is 3. The predicted octanol–water partition coefficient (Wildman–Crippen LogP) is 2.26. The van der Waals surface area contributed by atoms with Crippen molar-refractivity contribution < 1.29 is 26.4 Å². The van der Waals surface area contributed by atoms with Crippen LogP contribution in [0.15, 0.2) is 12.1 Å². The quantitative estimate of drug-likeness (QED) is 0.869. The van der Waals surface area contributed by atoms with Crippen LogP contribution in [0.5, 0.6) is 0 Å². The van der Waals surface area contributed by atoms with E-state index in [0.29, 0.717) is 18.9 Å². The summed E-state index contributed by atoms with van der Waals surface area (Å²) in [4.78, 5) is 11.8. The van der Waals surface area contributed by atoms with Gasteiger partial charge in [-0.15, -0.1) is 0 Å². The van der Waals surface area contributed by atoms with Gasteiger partial charge in [0.05, 0.1) is 17.2 Å². The normalized spacial score (nSPS) is 21.0. The van der Waals surface area contributed by atoms with Crippen molar-refractivity contribution in [2.75, 3.05) is 16.8 Å². The molecule has 8 heteroatoms. The minimum atomic E-state index is -3.13. The number of nitrogens with one attached hydrogen (secondary N) is 1. The number of anilines is 1. The Bertz CT molecular complexity index is 661. The molecule has 1 heterocycles.